The maximum Gasteiger partial charge on any atom is 0.416 e. The van der Waals surface area contributed by atoms with Crippen LogP contribution in [0.15, 0.2) is 52.5 Å². The van der Waals surface area contributed by atoms with Crippen molar-refractivity contribution in [2.45, 2.75) is 28.8 Å². The number of benzene rings is 1. The van der Waals surface area contributed by atoms with Crippen molar-refractivity contribution in [1.82, 2.24) is 19.9 Å². The molecular weight excluding hydrogens is 522 g/mol. The average molecular weight is 545 g/mol. The summed E-state index contributed by atoms with van der Waals surface area (Å²) in [4.78, 5) is 18.0. The third-order valence-electron chi connectivity index (χ3n) is 5.51. The summed E-state index contributed by atoms with van der Waals surface area (Å²) >= 11 is 1.17. The van der Waals surface area contributed by atoms with Gasteiger partial charge in [-0.1, -0.05) is 11.8 Å². The Morgan fingerprint density at radius 3 is 2.14 bits per heavy atom. The van der Waals surface area contributed by atoms with Crippen LogP contribution in [-0.2, 0) is 19.0 Å². The number of hydrogen-bond acceptors (Lipinski definition) is 8. The predicted octanol–water partition coefficient (Wildman–Crippen LogP) is 4.97. The second-order valence-electron chi connectivity index (χ2n) is 8.35. The molecule has 1 aliphatic heterocycles. The van der Waals surface area contributed by atoms with Gasteiger partial charge in [0.05, 0.1) is 22.2 Å². The van der Waals surface area contributed by atoms with Crippen molar-refractivity contribution in [2.75, 3.05) is 43.9 Å². The topological polar surface area (TPSA) is 80.4 Å². The van der Waals surface area contributed by atoms with E-state index in [2.05, 4.69) is 19.9 Å². The molecule has 0 saturated carbocycles. The molecule has 3 heterocycles. The summed E-state index contributed by atoms with van der Waals surface area (Å²) in [5.74, 6) is 0.687. The van der Waals surface area contributed by atoms with Gasteiger partial charge in [0.2, 0.25) is 11.8 Å². The van der Waals surface area contributed by atoms with E-state index in [4.69, 9.17) is 10.5 Å². The van der Waals surface area contributed by atoms with Crippen molar-refractivity contribution in [3.63, 3.8) is 0 Å². The molecule has 0 amide bonds. The first kappa shape index (κ1) is 26.8. The zero-order valence-corrected chi connectivity index (χ0v) is 20.3. The molecule has 0 spiro atoms. The van der Waals surface area contributed by atoms with Crippen LogP contribution in [0.2, 0.25) is 0 Å². The van der Waals surface area contributed by atoms with Gasteiger partial charge in [-0.3, -0.25) is 0 Å². The molecule has 4 rings (SSSR count). The Morgan fingerprint density at radius 1 is 0.919 bits per heavy atom. The third kappa shape index (κ3) is 6.95. The summed E-state index contributed by atoms with van der Waals surface area (Å²) in [6.07, 6.45) is -6.89. The van der Waals surface area contributed by atoms with Gasteiger partial charge in [-0.15, -0.1) is 0 Å². The minimum atomic E-state index is -4.96. The number of nitrogen functional groups attached to an aromatic ring is 1. The molecular formula is C23H22F6N6OS. The lowest BCUT2D eigenvalue weighted by Crippen LogP contribution is -2.45. The summed E-state index contributed by atoms with van der Waals surface area (Å²) in [7, 11) is 1.98. The van der Waals surface area contributed by atoms with Gasteiger partial charge in [0, 0.05) is 37.3 Å². The molecule has 37 heavy (non-hydrogen) atoms. The van der Waals surface area contributed by atoms with Gasteiger partial charge < -0.3 is 20.3 Å². The van der Waals surface area contributed by atoms with E-state index in [1.54, 1.807) is 12.1 Å². The maximum atomic E-state index is 13.3. The lowest BCUT2D eigenvalue weighted by atomic mass is 10.1. The highest BCUT2D eigenvalue weighted by Gasteiger charge is 2.37. The average Bonchev–Trinajstić information content (AvgIpc) is 2.84. The van der Waals surface area contributed by atoms with Crippen LogP contribution in [0.5, 0.6) is 5.88 Å². The fourth-order valence-electron chi connectivity index (χ4n) is 3.51. The van der Waals surface area contributed by atoms with E-state index >= 15 is 0 Å². The van der Waals surface area contributed by atoms with Gasteiger partial charge >= 0.3 is 12.4 Å². The quantitative estimate of drug-likeness (QED) is 0.436. The van der Waals surface area contributed by atoms with Crippen molar-refractivity contribution in [1.29, 1.82) is 0 Å². The number of likely N-dealkylation sites (N-methyl/N-ethyl adjacent to an activating group) is 1. The number of piperazine rings is 1. The summed E-state index contributed by atoms with van der Waals surface area (Å²) in [5, 5.41) is 0. The monoisotopic (exact) mass is 544 g/mol. The molecule has 0 radical (unpaired) electrons. The highest BCUT2D eigenvalue weighted by molar-refractivity contribution is 7.99. The van der Waals surface area contributed by atoms with Crippen LogP contribution in [0.1, 0.15) is 16.7 Å². The number of nitrogens with two attached hydrogens (primary N) is 1. The molecule has 198 valence electrons. The Labute approximate surface area is 212 Å². The van der Waals surface area contributed by atoms with E-state index in [0.717, 1.165) is 13.1 Å². The predicted molar refractivity (Wildman–Crippen MR) is 125 cm³/mol. The minimum Gasteiger partial charge on any atom is -0.472 e. The van der Waals surface area contributed by atoms with E-state index in [1.807, 2.05) is 11.9 Å². The Hall–Kier alpha value is -3.26. The van der Waals surface area contributed by atoms with Gasteiger partial charge in [-0.25, -0.2) is 9.97 Å². The second kappa shape index (κ2) is 10.6. The normalized spacial score (nSPS) is 15.2. The minimum absolute atomic E-state index is 0.0247. The molecule has 2 N–H and O–H groups in total. The first-order chi connectivity index (χ1) is 17.4. The van der Waals surface area contributed by atoms with E-state index in [1.165, 1.54) is 24.2 Å². The zero-order valence-electron chi connectivity index (χ0n) is 19.5. The molecule has 1 aromatic carbocycles. The first-order valence-electron chi connectivity index (χ1n) is 11.0. The van der Waals surface area contributed by atoms with Crippen LogP contribution in [0.3, 0.4) is 0 Å². The maximum absolute atomic E-state index is 13.3. The lowest BCUT2D eigenvalue weighted by Gasteiger charge is -2.32. The fourth-order valence-corrected chi connectivity index (χ4v) is 4.30. The first-order valence-corrected chi connectivity index (χ1v) is 11.8. The van der Waals surface area contributed by atoms with Crippen molar-refractivity contribution in [3.8, 4) is 5.88 Å². The Balaban J connectivity index is 1.64. The molecule has 0 bridgehead atoms. The number of ether oxygens (including phenoxy) is 1. The summed E-state index contributed by atoms with van der Waals surface area (Å²) in [6.45, 7) is 2.27. The summed E-state index contributed by atoms with van der Waals surface area (Å²) < 4.78 is 85.3. The molecule has 3 aromatic rings. The fraction of sp³-hybridized carbons (Fsp3) is 0.348. The molecule has 0 unspecified atom stereocenters. The molecule has 2 aromatic heterocycles. The van der Waals surface area contributed by atoms with Gasteiger partial charge in [-0.05, 0) is 42.9 Å². The van der Waals surface area contributed by atoms with E-state index < -0.39 is 30.1 Å². The van der Waals surface area contributed by atoms with Crippen LogP contribution in [-0.4, -0.2) is 53.1 Å². The third-order valence-corrected chi connectivity index (χ3v) is 6.48. The molecule has 7 nitrogen and oxygen atoms in total. The van der Waals surface area contributed by atoms with Crippen molar-refractivity contribution < 1.29 is 31.1 Å². The van der Waals surface area contributed by atoms with E-state index in [9.17, 15) is 26.3 Å². The van der Waals surface area contributed by atoms with E-state index in [-0.39, 0.29) is 17.5 Å². The number of rotatable bonds is 6. The highest BCUT2D eigenvalue weighted by atomic mass is 32.2. The number of hydrogen-bond donors (Lipinski definition) is 1. The standard InChI is InChI=1S/C23H22F6N6OS/c1-34-4-6-35(7-5-34)21-32-12-18(37-17-2-3-19(30)31-11-17)20(33-21)36-13-14-8-15(22(24,25)26)10-16(9-14)23(27,28)29/h2-3,8-12H,4-7,13H2,1H3,(H2,30,31). The van der Waals surface area contributed by atoms with Gasteiger partial charge in [0.1, 0.15) is 12.4 Å². The molecule has 0 atom stereocenters. The number of halogens is 6. The van der Waals surface area contributed by atoms with Crippen LogP contribution in [0, 0.1) is 0 Å². The van der Waals surface area contributed by atoms with Crippen LogP contribution in [0.4, 0.5) is 38.1 Å². The lowest BCUT2D eigenvalue weighted by molar-refractivity contribution is -0.143. The molecule has 1 saturated heterocycles. The molecule has 1 fully saturated rings. The number of anilines is 2. The van der Waals surface area contributed by atoms with Crippen LogP contribution in [0.25, 0.3) is 0 Å². The second-order valence-corrected chi connectivity index (χ2v) is 9.47. The van der Waals surface area contributed by atoms with Gasteiger partial charge in [0.15, 0.2) is 0 Å². The Bertz CT molecular complexity index is 1200. The SMILES string of the molecule is CN1CCN(c2ncc(Sc3ccc(N)nc3)c(OCc3cc(C(F)(F)F)cc(C(F)(F)F)c3)n2)CC1. The Morgan fingerprint density at radius 2 is 1.57 bits per heavy atom. The van der Waals surface area contributed by atoms with Crippen LogP contribution < -0.4 is 15.4 Å². The van der Waals surface area contributed by atoms with E-state index in [0.29, 0.717) is 46.8 Å². The smallest absolute Gasteiger partial charge is 0.416 e. The number of nitrogens with zero attached hydrogens (tertiary/aromatic N) is 5. The summed E-state index contributed by atoms with van der Waals surface area (Å²) in [6, 6.07) is 4.63. The molecule has 0 aliphatic carbocycles. The highest BCUT2D eigenvalue weighted by Crippen LogP contribution is 2.38. The van der Waals surface area contributed by atoms with Gasteiger partial charge in [-0.2, -0.15) is 31.3 Å². The van der Waals surface area contributed by atoms with Crippen molar-refractivity contribution in [3.05, 3.63) is 59.4 Å². The largest absolute Gasteiger partial charge is 0.472 e. The van der Waals surface area contributed by atoms with Gasteiger partial charge in [0.25, 0.3) is 0 Å². The summed E-state index contributed by atoms with van der Waals surface area (Å²) in [5.41, 5.74) is 2.50. The number of aromatic nitrogens is 3. The van der Waals surface area contributed by atoms with Crippen LogP contribution >= 0.6 is 11.8 Å². The number of pyridine rings is 1. The molecule has 14 heteroatoms. The van der Waals surface area contributed by atoms with Crippen molar-refractivity contribution in [2.24, 2.45) is 0 Å². The number of alkyl halides is 6. The van der Waals surface area contributed by atoms with Crippen molar-refractivity contribution >= 4 is 23.5 Å². The zero-order chi connectivity index (χ0) is 26.8. The Kier molecular flexibility index (Phi) is 7.69. The molecule has 1 aliphatic rings.